The second-order valence-electron chi connectivity index (χ2n) is 4.44. The highest BCUT2D eigenvalue weighted by atomic mass is 79.9. The smallest absolute Gasteiger partial charge is 0.346 e. The minimum Gasteiger partial charge on any atom is -0.385 e. The van der Waals surface area contributed by atoms with E-state index in [1.54, 1.807) is 4.90 Å². The van der Waals surface area contributed by atoms with E-state index in [1.807, 2.05) is 32.0 Å². The Kier molecular flexibility index (Phi) is 3.71. The quantitative estimate of drug-likeness (QED) is 0.933. The Morgan fingerprint density at radius 3 is 2.83 bits per heavy atom. The summed E-state index contributed by atoms with van der Waals surface area (Å²) in [6.07, 6.45) is 0.883. The van der Waals surface area contributed by atoms with Crippen molar-refractivity contribution in [2.75, 3.05) is 6.54 Å². The lowest BCUT2D eigenvalue weighted by Crippen LogP contribution is -2.34. The zero-order valence-corrected chi connectivity index (χ0v) is 12.1. The third-order valence-electron chi connectivity index (χ3n) is 2.98. The first-order valence-electron chi connectivity index (χ1n) is 5.95. The molecule has 0 saturated heterocycles. The van der Waals surface area contributed by atoms with Crippen molar-refractivity contribution in [1.82, 2.24) is 4.90 Å². The molecule has 0 saturated carbocycles. The van der Waals surface area contributed by atoms with Crippen LogP contribution in [0.1, 0.15) is 30.5 Å². The summed E-state index contributed by atoms with van der Waals surface area (Å²) in [5, 5.41) is 0. The number of nitrogens with zero attached hydrogens (tertiary/aromatic N) is 2. The fourth-order valence-corrected chi connectivity index (χ4v) is 2.86. The van der Waals surface area contributed by atoms with Gasteiger partial charge in [-0.05, 0) is 30.5 Å². The van der Waals surface area contributed by atoms with Gasteiger partial charge >= 0.3 is 6.03 Å². The molecule has 1 aromatic rings. The summed E-state index contributed by atoms with van der Waals surface area (Å²) in [6, 6.07) is 5.54. The zero-order valence-electron chi connectivity index (χ0n) is 10.5. The Bertz CT molecular complexity index is 513. The molecule has 5 heteroatoms. The molecule has 0 aliphatic carbocycles. The van der Waals surface area contributed by atoms with Gasteiger partial charge in [0.2, 0.25) is 0 Å². The Morgan fingerprint density at radius 1 is 1.50 bits per heavy atom. The molecular formula is C13H16BrN3O. The number of urea groups is 1. The Morgan fingerprint density at radius 2 is 2.22 bits per heavy atom. The molecule has 1 atom stereocenters. The molecule has 2 N–H and O–H groups in total. The Labute approximate surface area is 115 Å². The molecule has 96 valence electrons. The van der Waals surface area contributed by atoms with Gasteiger partial charge in [-0.2, -0.15) is 4.99 Å². The van der Waals surface area contributed by atoms with E-state index in [1.165, 1.54) is 0 Å². The van der Waals surface area contributed by atoms with Crippen LogP contribution in [0.25, 0.3) is 0 Å². The van der Waals surface area contributed by atoms with Gasteiger partial charge in [0, 0.05) is 11.0 Å². The van der Waals surface area contributed by atoms with Crippen molar-refractivity contribution in [2.24, 2.45) is 10.7 Å². The highest BCUT2D eigenvalue weighted by Crippen LogP contribution is 2.32. The van der Waals surface area contributed by atoms with Gasteiger partial charge in [-0.25, -0.2) is 4.79 Å². The molecule has 1 aliphatic heterocycles. The minimum atomic E-state index is -0.244. The summed E-state index contributed by atoms with van der Waals surface area (Å²) in [5.41, 5.74) is 8.04. The van der Waals surface area contributed by atoms with E-state index in [4.69, 9.17) is 5.73 Å². The lowest BCUT2D eigenvalue weighted by atomic mass is 10.0. The monoisotopic (exact) mass is 309 g/mol. The van der Waals surface area contributed by atoms with Gasteiger partial charge in [0.25, 0.3) is 0 Å². The number of carbonyl (C=O) groups is 1. The molecule has 2 rings (SSSR count). The molecule has 0 radical (unpaired) electrons. The molecular weight excluding hydrogens is 294 g/mol. The van der Waals surface area contributed by atoms with Crippen molar-refractivity contribution < 1.29 is 4.79 Å². The molecule has 4 nitrogen and oxygen atoms in total. The molecule has 1 heterocycles. The first kappa shape index (κ1) is 13.1. The van der Waals surface area contributed by atoms with Crippen LogP contribution in [0, 0.1) is 6.92 Å². The lowest BCUT2D eigenvalue weighted by molar-refractivity contribution is 0.206. The number of amidine groups is 1. The third kappa shape index (κ3) is 2.27. The number of hydrogen-bond acceptors (Lipinski definition) is 2. The highest BCUT2D eigenvalue weighted by Gasteiger charge is 2.34. The molecule has 1 aromatic carbocycles. The van der Waals surface area contributed by atoms with Crippen molar-refractivity contribution >= 4 is 27.8 Å². The van der Waals surface area contributed by atoms with E-state index in [2.05, 4.69) is 20.9 Å². The summed E-state index contributed by atoms with van der Waals surface area (Å²) < 4.78 is 0.960. The van der Waals surface area contributed by atoms with Crippen molar-refractivity contribution in [3.8, 4) is 0 Å². The fourth-order valence-electron chi connectivity index (χ4n) is 2.15. The van der Waals surface area contributed by atoms with Crippen molar-refractivity contribution in [3.63, 3.8) is 0 Å². The maximum Gasteiger partial charge on any atom is 0.346 e. The van der Waals surface area contributed by atoms with E-state index in [0.29, 0.717) is 12.4 Å². The van der Waals surface area contributed by atoms with Gasteiger partial charge in [-0.1, -0.05) is 35.0 Å². The van der Waals surface area contributed by atoms with E-state index in [9.17, 15) is 4.79 Å². The van der Waals surface area contributed by atoms with E-state index in [-0.39, 0.29) is 12.1 Å². The Balaban J connectivity index is 2.41. The van der Waals surface area contributed by atoms with Gasteiger partial charge < -0.3 is 10.6 Å². The number of carbonyl (C=O) groups excluding carboxylic acids is 1. The van der Waals surface area contributed by atoms with Gasteiger partial charge in [0.15, 0.2) is 0 Å². The molecule has 1 unspecified atom stereocenters. The SMILES string of the molecule is CCCN1C(=O)N=C(N)C1c1ccc(C)cc1Br. The number of benzene rings is 1. The Hall–Kier alpha value is -1.36. The molecule has 1 aliphatic rings. The van der Waals surface area contributed by atoms with Crippen molar-refractivity contribution in [3.05, 3.63) is 33.8 Å². The van der Waals surface area contributed by atoms with Crippen LogP contribution in [0.5, 0.6) is 0 Å². The molecule has 0 bridgehead atoms. The van der Waals surface area contributed by atoms with Crippen molar-refractivity contribution in [1.29, 1.82) is 0 Å². The first-order valence-corrected chi connectivity index (χ1v) is 6.74. The molecule has 0 spiro atoms. The molecule has 0 aromatic heterocycles. The topological polar surface area (TPSA) is 58.7 Å². The maximum absolute atomic E-state index is 11.8. The van der Waals surface area contributed by atoms with E-state index in [0.717, 1.165) is 22.0 Å². The molecule has 0 fully saturated rings. The van der Waals surface area contributed by atoms with Crippen LogP contribution in [0.3, 0.4) is 0 Å². The van der Waals surface area contributed by atoms with Gasteiger partial charge in [-0.15, -0.1) is 0 Å². The number of halogens is 1. The normalized spacial score (nSPS) is 19.3. The van der Waals surface area contributed by atoms with E-state index < -0.39 is 0 Å². The lowest BCUT2D eigenvalue weighted by Gasteiger charge is -2.25. The summed E-state index contributed by atoms with van der Waals surface area (Å²) in [6.45, 7) is 4.71. The number of aryl methyl sites for hydroxylation is 1. The predicted molar refractivity (Wildman–Crippen MR) is 75.6 cm³/mol. The number of aliphatic imine (C=N–C) groups is 1. The van der Waals surface area contributed by atoms with Crippen LogP contribution >= 0.6 is 15.9 Å². The van der Waals surface area contributed by atoms with Gasteiger partial charge in [-0.3, -0.25) is 0 Å². The average Bonchev–Trinajstić information content (AvgIpc) is 2.56. The minimum absolute atomic E-state index is 0.243. The largest absolute Gasteiger partial charge is 0.385 e. The summed E-state index contributed by atoms with van der Waals surface area (Å²) >= 11 is 3.53. The van der Waals surface area contributed by atoms with Crippen LogP contribution in [0.4, 0.5) is 4.79 Å². The summed E-state index contributed by atoms with van der Waals surface area (Å²) in [4.78, 5) is 17.4. The number of amides is 2. The average molecular weight is 310 g/mol. The van der Waals surface area contributed by atoms with Crippen LogP contribution < -0.4 is 5.73 Å². The maximum atomic E-state index is 11.8. The third-order valence-corrected chi connectivity index (χ3v) is 3.66. The van der Waals surface area contributed by atoms with Crippen molar-refractivity contribution in [2.45, 2.75) is 26.3 Å². The summed E-state index contributed by atoms with van der Waals surface area (Å²) in [7, 11) is 0. The summed E-state index contributed by atoms with van der Waals surface area (Å²) in [5.74, 6) is 0.373. The standard InChI is InChI=1S/C13H16BrN3O/c1-3-6-17-11(12(15)16-13(17)18)9-5-4-8(2)7-10(9)14/h4-5,7,11H,3,6H2,1-2H3,(H2,15,16,18). The van der Waals surface area contributed by atoms with Crippen LogP contribution in [0.15, 0.2) is 27.7 Å². The van der Waals surface area contributed by atoms with Crippen LogP contribution in [0.2, 0.25) is 0 Å². The predicted octanol–water partition coefficient (Wildman–Crippen LogP) is 3.00. The first-order chi connectivity index (χ1) is 8.54. The second kappa shape index (κ2) is 5.10. The van der Waals surface area contributed by atoms with Gasteiger partial charge in [0.1, 0.15) is 11.9 Å². The van der Waals surface area contributed by atoms with E-state index >= 15 is 0 Å². The second-order valence-corrected chi connectivity index (χ2v) is 5.29. The number of hydrogen-bond donors (Lipinski definition) is 1. The molecule has 18 heavy (non-hydrogen) atoms. The number of rotatable bonds is 3. The van der Waals surface area contributed by atoms with Gasteiger partial charge in [0.05, 0.1) is 0 Å². The highest BCUT2D eigenvalue weighted by molar-refractivity contribution is 9.10. The molecule has 2 amide bonds. The van der Waals surface area contributed by atoms with Crippen LogP contribution in [-0.4, -0.2) is 23.3 Å². The zero-order chi connectivity index (χ0) is 13.3. The fraction of sp³-hybridized carbons (Fsp3) is 0.385. The number of nitrogens with two attached hydrogens (primary N) is 1. The van der Waals surface area contributed by atoms with Crippen LogP contribution in [-0.2, 0) is 0 Å².